The van der Waals surface area contributed by atoms with Crippen LogP contribution in [0.4, 0.5) is 5.69 Å². The number of rotatable bonds is 6. The Morgan fingerprint density at radius 2 is 1.78 bits per heavy atom. The van der Waals surface area contributed by atoms with Crippen molar-refractivity contribution in [3.8, 4) is 11.5 Å². The molecule has 0 aliphatic carbocycles. The number of carboxylic acid groups (broad SMARTS) is 1. The summed E-state index contributed by atoms with van der Waals surface area (Å²) in [4.78, 5) is 13.6. The van der Waals surface area contributed by atoms with E-state index in [9.17, 15) is 9.90 Å². The maximum atomic E-state index is 11.6. The summed E-state index contributed by atoms with van der Waals surface area (Å²) in [5, 5.41) is 18.1. The van der Waals surface area contributed by atoms with Crippen LogP contribution >= 0.6 is 23.4 Å². The van der Waals surface area contributed by atoms with Crippen LogP contribution in [0.2, 0.25) is 5.02 Å². The Labute approximate surface area is 165 Å². The minimum Gasteiger partial charge on any atom is -0.477 e. The van der Waals surface area contributed by atoms with Gasteiger partial charge in [0.15, 0.2) is 0 Å². The van der Waals surface area contributed by atoms with Crippen LogP contribution in [0.3, 0.4) is 0 Å². The average molecular weight is 402 g/mol. The Morgan fingerprint density at radius 3 is 2.37 bits per heavy atom. The minimum absolute atomic E-state index is 0.0823. The van der Waals surface area contributed by atoms with Gasteiger partial charge in [0.25, 0.3) is 5.22 Å². The number of anilines is 1. The lowest BCUT2D eigenvalue weighted by molar-refractivity contribution is -0.131. The summed E-state index contributed by atoms with van der Waals surface area (Å²) < 4.78 is 5.57. The van der Waals surface area contributed by atoms with Crippen molar-refractivity contribution in [1.82, 2.24) is 10.2 Å². The Balaban J connectivity index is 1.80. The van der Waals surface area contributed by atoms with Gasteiger partial charge in [-0.2, -0.15) is 0 Å². The molecule has 2 aromatic carbocycles. The topological polar surface area (TPSA) is 79.5 Å². The molecule has 8 heteroatoms. The van der Waals surface area contributed by atoms with Gasteiger partial charge in [0.1, 0.15) is 4.91 Å². The van der Waals surface area contributed by atoms with Crippen molar-refractivity contribution < 1.29 is 14.3 Å². The van der Waals surface area contributed by atoms with E-state index in [4.69, 9.17) is 16.0 Å². The molecule has 138 valence electrons. The SMILES string of the molecule is CN(C)c1ccc(/C=C(\Sc2nnc(-c3ccc(Cl)cc3)o2)C(=O)O)cc1. The molecule has 0 bridgehead atoms. The van der Waals surface area contributed by atoms with Crippen LogP contribution < -0.4 is 4.90 Å². The van der Waals surface area contributed by atoms with E-state index in [1.165, 1.54) is 0 Å². The number of thioether (sulfide) groups is 1. The number of benzene rings is 2. The molecule has 0 saturated carbocycles. The van der Waals surface area contributed by atoms with Gasteiger partial charge in [-0.15, -0.1) is 10.2 Å². The van der Waals surface area contributed by atoms with E-state index in [-0.39, 0.29) is 10.1 Å². The number of aromatic nitrogens is 2. The Morgan fingerprint density at radius 1 is 1.11 bits per heavy atom. The Kier molecular flexibility index (Phi) is 5.83. The van der Waals surface area contributed by atoms with E-state index in [1.807, 2.05) is 43.3 Å². The third kappa shape index (κ3) is 4.90. The summed E-state index contributed by atoms with van der Waals surface area (Å²) in [6.45, 7) is 0. The molecular weight excluding hydrogens is 386 g/mol. The molecule has 3 rings (SSSR count). The molecule has 0 saturated heterocycles. The summed E-state index contributed by atoms with van der Waals surface area (Å²) >= 11 is 6.77. The van der Waals surface area contributed by atoms with Gasteiger partial charge in [0.2, 0.25) is 5.89 Å². The summed E-state index contributed by atoms with van der Waals surface area (Å²) in [6, 6.07) is 14.5. The van der Waals surface area contributed by atoms with Gasteiger partial charge < -0.3 is 14.4 Å². The lowest BCUT2D eigenvalue weighted by atomic mass is 10.2. The van der Waals surface area contributed by atoms with Gasteiger partial charge in [-0.25, -0.2) is 4.79 Å². The highest BCUT2D eigenvalue weighted by Crippen LogP contribution is 2.30. The zero-order valence-electron chi connectivity index (χ0n) is 14.6. The van der Waals surface area contributed by atoms with Crippen molar-refractivity contribution in [2.45, 2.75) is 5.22 Å². The summed E-state index contributed by atoms with van der Waals surface area (Å²) in [6.07, 6.45) is 1.57. The molecule has 0 unspecified atom stereocenters. The van der Waals surface area contributed by atoms with E-state index in [0.717, 1.165) is 23.0 Å². The fraction of sp³-hybridized carbons (Fsp3) is 0.105. The molecule has 27 heavy (non-hydrogen) atoms. The molecule has 0 atom stereocenters. The highest BCUT2D eigenvalue weighted by molar-refractivity contribution is 8.03. The van der Waals surface area contributed by atoms with Gasteiger partial charge in [-0.3, -0.25) is 0 Å². The second-order valence-corrected chi connectivity index (χ2v) is 7.21. The average Bonchev–Trinajstić information content (AvgIpc) is 3.10. The third-order valence-corrected chi connectivity index (χ3v) is 4.72. The molecule has 0 aliphatic heterocycles. The molecule has 1 N–H and O–H groups in total. The monoisotopic (exact) mass is 401 g/mol. The number of hydrogen-bond donors (Lipinski definition) is 1. The molecule has 3 aromatic rings. The first-order valence-electron chi connectivity index (χ1n) is 7.92. The zero-order chi connectivity index (χ0) is 19.4. The van der Waals surface area contributed by atoms with Crippen LogP contribution in [-0.2, 0) is 4.79 Å². The highest BCUT2D eigenvalue weighted by Gasteiger charge is 2.16. The standard InChI is InChI=1S/C19H16ClN3O3S/c1-23(2)15-9-3-12(4-10-15)11-16(18(24)25)27-19-22-21-17(26-19)13-5-7-14(20)8-6-13/h3-11H,1-2H3,(H,24,25)/b16-11-. The van der Waals surface area contributed by atoms with Crippen molar-refractivity contribution in [1.29, 1.82) is 0 Å². The lowest BCUT2D eigenvalue weighted by Gasteiger charge is -2.11. The molecule has 0 radical (unpaired) electrons. The molecule has 1 heterocycles. The quantitative estimate of drug-likeness (QED) is 0.474. The van der Waals surface area contributed by atoms with Crippen LogP contribution in [0, 0.1) is 0 Å². The molecule has 1 aromatic heterocycles. The first-order valence-corrected chi connectivity index (χ1v) is 9.11. The Hall–Kier alpha value is -2.77. The maximum absolute atomic E-state index is 11.6. The number of aliphatic carboxylic acids is 1. The summed E-state index contributed by atoms with van der Waals surface area (Å²) in [5.74, 6) is -0.767. The summed E-state index contributed by atoms with van der Waals surface area (Å²) in [7, 11) is 3.88. The minimum atomic E-state index is -1.07. The van der Waals surface area contributed by atoms with E-state index in [1.54, 1.807) is 30.3 Å². The van der Waals surface area contributed by atoms with E-state index < -0.39 is 5.97 Å². The molecule has 0 fully saturated rings. The van der Waals surface area contributed by atoms with Crippen molar-refractivity contribution in [2.24, 2.45) is 0 Å². The molecule has 0 aliphatic rings. The largest absolute Gasteiger partial charge is 0.477 e. The fourth-order valence-electron chi connectivity index (χ4n) is 2.21. The normalized spacial score (nSPS) is 11.4. The lowest BCUT2D eigenvalue weighted by Crippen LogP contribution is -2.07. The van der Waals surface area contributed by atoms with Crippen molar-refractivity contribution in [2.75, 3.05) is 19.0 Å². The number of halogens is 1. The first kappa shape index (κ1) is 19.0. The third-order valence-electron chi connectivity index (χ3n) is 3.61. The Bertz CT molecular complexity index is 967. The van der Waals surface area contributed by atoms with Gasteiger partial charge >= 0.3 is 5.97 Å². The predicted octanol–water partition coefficient (Wildman–Crippen LogP) is 4.67. The van der Waals surface area contributed by atoms with Crippen LogP contribution in [0.5, 0.6) is 0 Å². The first-order chi connectivity index (χ1) is 12.9. The molecular formula is C19H16ClN3O3S. The van der Waals surface area contributed by atoms with Crippen LogP contribution in [-0.4, -0.2) is 35.4 Å². The van der Waals surface area contributed by atoms with Crippen LogP contribution in [0.15, 0.2) is 63.1 Å². The second-order valence-electron chi connectivity index (χ2n) is 5.78. The van der Waals surface area contributed by atoms with Gasteiger partial charge in [-0.1, -0.05) is 23.7 Å². The van der Waals surface area contributed by atoms with Crippen molar-refractivity contribution in [3.05, 3.63) is 64.0 Å². The fourth-order valence-corrected chi connectivity index (χ4v) is 3.01. The van der Waals surface area contributed by atoms with E-state index in [0.29, 0.717) is 16.5 Å². The zero-order valence-corrected chi connectivity index (χ0v) is 16.2. The van der Waals surface area contributed by atoms with Gasteiger partial charge in [0.05, 0.1) is 0 Å². The molecule has 0 spiro atoms. The highest BCUT2D eigenvalue weighted by atomic mass is 35.5. The molecule has 6 nitrogen and oxygen atoms in total. The number of nitrogens with zero attached hydrogens (tertiary/aromatic N) is 3. The number of carbonyl (C=O) groups is 1. The number of carboxylic acids is 1. The second kappa shape index (κ2) is 8.28. The smallest absolute Gasteiger partial charge is 0.342 e. The van der Waals surface area contributed by atoms with E-state index in [2.05, 4.69) is 10.2 Å². The van der Waals surface area contributed by atoms with E-state index >= 15 is 0 Å². The number of hydrogen-bond acceptors (Lipinski definition) is 6. The van der Waals surface area contributed by atoms with Crippen molar-refractivity contribution >= 4 is 41.1 Å². The maximum Gasteiger partial charge on any atom is 0.342 e. The summed E-state index contributed by atoms with van der Waals surface area (Å²) in [5.41, 5.74) is 2.50. The predicted molar refractivity (Wildman–Crippen MR) is 107 cm³/mol. The van der Waals surface area contributed by atoms with Gasteiger partial charge in [-0.05, 0) is 59.8 Å². The molecule has 0 amide bonds. The van der Waals surface area contributed by atoms with Crippen LogP contribution in [0.1, 0.15) is 5.56 Å². The van der Waals surface area contributed by atoms with Crippen LogP contribution in [0.25, 0.3) is 17.5 Å². The van der Waals surface area contributed by atoms with Gasteiger partial charge in [0, 0.05) is 30.4 Å². The van der Waals surface area contributed by atoms with Crippen molar-refractivity contribution in [3.63, 3.8) is 0 Å².